The van der Waals surface area contributed by atoms with Crippen LogP contribution < -0.4 is 5.73 Å². The Bertz CT molecular complexity index is 275. The minimum Gasteiger partial charge on any atom is -0.374 e. The van der Waals surface area contributed by atoms with Crippen LogP contribution in [-0.4, -0.2) is 53.3 Å². The van der Waals surface area contributed by atoms with Gasteiger partial charge in [-0.05, 0) is 0 Å². The molecular weight excluding hydrogens is 192 g/mol. The van der Waals surface area contributed by atoms with Crippen molar-refractivity contribution in [1.29, 1.82) is 0 Å². The maximum atomic E-state index is 5.59. The Hall–Kier alpha value is -0.910. The third-order valence-corrected chi connectivity index (χ3v) is 2.72. The summed E-state index contributed by atoms with van der Waals surface area (Å²) in [6, 6.07) is 0. The van der Waals surface area contributed by atoms with E-state index in [1.54, 1.807) is 0 Å². The van der Waals surface area contributed by atoms with Gasteiger partial charge in [-0.25, -0.2) is 4.98 Å². The quantitative estimate of drug-likeness (QED) is 0.731. The molecule has 15 heavy (non-hydrogen) atoms. The van der Waals surface area contributed by atoms with E-state index in [9.17, 15) is 0 Å². The zero-order valence-electron chi connectivity index (χ0n) is 8.88. The van der Waals surface area contributed by atoms with Crippen LogP contribution >= 0.6 is 0 Å². The van der Waals surface area contributed by atoms with Gasteiger partial charge in [-0.2, -0.15) is 0 Å². The number of hydrogen-bond donors (Lipinski definition) is 1. The number of hydrogen-bond acceptors (Lipinski definition) is 4. The maximum absolute atomic E-state index is 5.59. The van der Waals surface area contributed by atoms with E-state index in [2.05, 4.69) is 14.5 Å². The van der Waals surface area contributed by atoms with Gasteiger partial charge in [-0.1, -0.05) is 0 Å². The topological polar surface area (TPSA) is 56.3 Å². The van der Waals surface area contributed by atoms with E-state index in [4.69, 9.17) is 10.5 Å². The molecule has 0 spiro atoms. The van der Waals surface area contributed by atoms with Gasteiger partial charge < -0.3 is 15.0 Å². The van der Waals surface area contributed by atoms with Crippen LogP contribution in [0.1, 0.15) is 0 Å². The van der Waals surface area contributed by atoms with Crippen molar-refractivity contribution in [2.75, 3.05) is 32.8 Å². The second kappa shape index (κ2) is 5.25. The third-order valence-electron chi connectivity index (χ3n) is 2.72. The van der Waals surface area contributed by atoms with Crippen LogP contribution in [0.3, 0.4) is 0 Å². The number of ether oxygens (including phenoxy) is 1. The van der Waals surface area contributed by atoms with Crippen molar-refractivity contribution < 1.29 is 4.74 Å². The summed E-state index contributed by atoms with van der Waals surface area (Å²) in [6.45, 7) is 5.39. The number of nitrogens with two attached hydrogens (primary N) is 1. The van der Waals surface area contributed by atoms with Crippen molar-refractivity contribution in [1.82, 2.24) is 14.5 Å². The monoisotopic (exact) mass is 210 g/mol. The number of aromatic nitrogens is 2. The zero-order chi connectivity index (χ0) is 10.5. The Morgan fingerprint density at radius 3 is 3.13 bits per heavy atom. The first-order chi connectivity index (χ1) is 7.38. The molecule has 1 aliphatic rings. The zero-order valence-corrected chi connectivity index (χ0v) is 8.88. The summed E-state index contributed by atoms with van der Waals surface area (Å²) >= 11 is 0. The van der Waals surface area contributed by atoms with Gasteiger partial charge in [0.2, 0.25) is 0 Å². The highest BCUT2D eigenvalue weighted by Crippen LogP contribution is 2.03. The summed E-state index contributed by atoms with van der Waals surface area (Å²) in [5, 5.41) is 0. The molecule has 0 amide bonds. The van der Waals surface area contributed by atoms with E-state index in [1.165, 1.54) is 0 Å². The number of morpholine rings is 1. The summed E-state index contributed by atoms with van der Waals surface area (Å²) in [7, 11) is 0. The standard InChI is InChI=1S/C10H18N4O/c11-7-10-8-13(5-6-15-10)3-4-14-2-1-12-9-14/h1-2,9-10H,3-8,11H2. The van der Waals surface area contributed by atoms with Crippen LogP contribution in [0.5, 0.6) is 0 Å². The molecule has 1 aliphatic heterocycles. The highest BCUT2D eigenvalue weighted by Gasteiger charge is 2.18. The van der Waals surface area contributed by atoms with Crippen LogP contribution in [0.2, 0.25) is 0 Å². The molecule has 84 valence electrons. The Kier molecular flexibility index (Phi) is 3.71. The molecule has 5 heteroatoms. The van der Waals surface area contributed by atoms with Gasteiger partial charge in [0, 0.05) is 45.1 Å². The van der Waals surface area contributed by atoms with Gasteiger partial charge in [-0.15, -0.1) is 0 Å². The van der Waals surface area contributed by atoms with Crippen molar-refractivity contribution >= 4 is 0 Å². The molecule has 1 aromatic heterocycles. The molecule has 1 unspecified atom stereocenters. The number of imidazole rings is 1. The van der Waals surface area contributed by atoms with E-state index in [0.717, 1.165) is 32.8 Å². The fraction of sp³-hybridized carbons (Fsp3) is 0.700. The van der Waals surface area contributed by atoms with Gasteiger partial charge in [0.15, 0.2) is 0 Å². The van der Waals surface area contributed by atoms with Crippen molar-refractivity contribution in [3.63, 3.8) is 0 Å². The van der Waals surface area contributed by atoms with Crippen LogP contribution in [0.25, 0.3) is 0 Å². The minimum atomic E-state index is 0.210. The first-order valence-corrected chi connectivity index (χ1v) is 5.38. The third kappa shape index (κ3) is 3.02. The summed E-state index contributed by atoms with van der Waals surface area (Å²) in [5.41, 5.74) is 5.59. The Labute approximate surface area is 89.8 Å². The fourth-order valence-electron chi connectivity index (χ4n) is 1.80. The highest BCUT2D eigenvalue weighted by molar-refractivity contribution is 4.76. The molecule has 0 saturated carbocycles. The lowest BCUT2D eigenvalue weighted by Crippen LogP contribution is -2.46. The number of rotatable bonds is 4. The van der Waals surface area contributed by atoms with Gasteiger partial charge in [-0.3, -0.25) is 4.90 Å². The van der Waals surface area contributed by atoms with Crippen LogP contribution in [0.4, 0.5) is 0 Å². The molecule has 0 aliphatic carbocycles. The predicted molar refractivity (Wildman–Crippen MR) is 57.5 cm³/mol. The summed E-state index contributed by atoms with van der Waals surface area (Å²) in [5.74, 6) is 0. The minimum absolute atomic E-state index is 0.210. The lowest BCUT2D eigenvalue weighted by atomic mass is 10.2. The van der Waals surface area contributed by atoms with E-state index in [-0.39, 0.29) is 6.10 Å². The normalized spacial score (nSPS) is 23.1. The van der Waals surface area contributed by atoms with Crippen molar-refractivity contribution in [3.05, 3.63) is 18.7 Å². The average Bonchev–Trinajstić information content (AvgIpc) is 2.79. The molecule has 0 radical (unpaired) electrons. The summed E-state index contributed by atoms with van der Waals surface area (Å²) in [4.78, 5) is 6.41. The second-order valence-electron chi connectivity index (χ2n) is 3.83. The molecule has 1 saturated heterocycles. The predicted octanol–water partition coefficient (Wildman–Crippen LogP) is -0.457. The molecule has 5 nitrogen and oxygen atoms in total. The van der Waals surface area contributed by atoms with E-state index in [0.29, 0.717) is 6.54 Å². The van der Waals surface area contributed by atoms with Crippen LogP contribution in [0, 0.1) is 0 Å². The van der Waals surface area contributed by atoms with Crippen molar-refractivity contribution in [2.45, 2.75) is 12.6 Å². The van der Waals surface area contributed by atoms with Crippen LogP contribution in [0.15, 0.2) is 18.7 Å². The van der Waals surface area contributed by atoms with Gasteiger partial charge >= 0.3 is 0 Å². The molecule has 0 bridgehead atoms. The molecular formula is C10H18N4O. The molecule has 1 fully saturated rings. The summed E-state index contributed by atoms with van der Waals surface area (Å²) < 4.78 is 7.60. The second-order valence-corrected chi connectivity index (χ2v) is 3.83. The van der Waals surface area contributed by atoms with E-state index in [1.807, 2.05) is 18.7 Å². The Morgan fingerprint density at radius 2 is 2.40 bits per heavy atom. The van der Waals surface area contributed by atoms with Crippen LogP contribution in [-0.2, 0) is 11.3 Å². The maximum Gasteiger partial charge on any atom is 0.0946 e. The smallest absolute Gasteiger partial charge is 0.0946 e. The molecule has 2 N–H and O–H groups in total. The van der Waals surface area contributed by atoms with Crippen molar-refractivity contribution in [2.24, 2.45) is 5.73 Å². The molecule has 1 atom stereocenters. The van der Waals surface area contributed by atoms with E-state index >= 15 is 0 Å². The van der Waals surface area contributed by atoms with Crippen molar-refractivity contribution in [3.8, 4) is 0 Å². The highest BCUT2D eigenvalue weighted by atomic mass is 16.5. The van der Waals surface area contributed by atoms with E-state index < -0.39 is 0 Å². The molecule has 2 rings (SSSR count). The van der Waals surface area contributed by atoms with Gasteiger partial charge in [0.05, 0.1) is 19.0 Å². The first kappa shape index (κ1) is 10.6. The average molecular weight is 210 g/mol. The largest absolute Gasteiger partial charge is 0.374 e. The molecule has 2 heterocycles. The molecule has 0 aromatic carbocycles. The lowest BCUT2D eigenvalue weighted by Gasteiger charge is -2.32. The Balaban J connectivity index is 1.74. The Morgan fingerprint density at radius 1 is 1.47 bits per heavy atom. The van der Waals surface area contributed by atoms with Gasteiger partial charge in [0.25, 0.3) is 0 Å². The first-order valence-electron chi connectivity index (χ1n) is 5.38. The summed E-state index contributed by atoms with van der Waals surface area (Å²) in [6.07, 6.45) is 5.85. The lowest BCUT2D eigenvalue weighted by molar-refractivity contribution is -0.0239. The molecule has 1 aromatic rings. The number of nitrogens with zero attached hydrogens (tertiary/aromatic N) is 3. The van der Waals surface area contributed by atoms with Gasteiger partial charge in [0.1, 0.15) is 0 Å². The SMILES string of the molecule is NCC1CN(CCn2ccnc2)CCO1. The fourth-order valence-corrected chi connectivity index (χ4v) is 1.80.